The van der Waals surface area contributed by atoms with Gasteiger partial charge in [0, 0.05) is 25.6 Å². The smallest absolute Gasteiger partial charge is 0.0786 e. The Bertz CT molecular complexity index is 445. The van der Waals surface area contributed by atoms with Crippen LogP contribution in [0.3, 0.4) is 0 Å². The Balaban J connectivity index is 2.23. The number of nitrogens with one attached hydrogen (secondary N) is 1. The van der Waals surface area contributed by atoms with Crippen LogP contribution in [0.1, 0.15) is 20.3 Å². The van der Waals surface area contributed by atoms with Gasteiger partial charge in [0.2, 0.25) is 0 Å². The summed E-state index contributed by atoms with van der Waals surface area (Å²) in [6.45, 7) is 4.16. The largest absolute Gasteiger partial charge is 0.392 e. The molecule has 0 spiro atoms. The molecule has 3 nitrogen and oxygen atoms in total. The maximum atomic E-state index is 9.78. The summed E-state index contributed by atoms with van der Waals surface area (Å²) in [6.07, 6.45) is 0.559. The van der Waals surface area contributed by atoms with Crippen molar-refractivity contribution in [1.82, 2.24) is 0 Å². The van der Waals surface area contributed by atoms with E-state index in [2.05, 4.69) is 19.2 Å². The third-order valence-electron chi connectivity index (χ3n) is 3.98. The number of rotatable bonds is 3. The molecule has 2 unspecified atom stereocenters. The van der Waals surface area contributed by atoms with E-state index in [9.17, 15) is 5.11 Å². The van der Waals surface area contributed by atoms with Crippen molar-refractivity contribution in [2.45, 2.75) is 32.4 Å². The second-order valence-corrected chi connectivity index (χ2v) is 6.21. The molecule has 18 heavy (non-hydrogen) atoms. The molecule has 0 heterocycles. The standard InChI is InChI=1S/C14H21ClN2O/c1-14(2)11(8-12(14)18)16-10-7-5-6-9(15)13(10)17(3)4/h5-7,11-12,16,18H,8H2,1-4H3. The third-order valence-corrected chi connectivity index (χ3v) is 4.28. The zero-order valence-electron chi connectivity index (χ0n) is 11.4. The van der Waals surface area contributed by atoms with Gasteiger partial charge in [-0.25, -0.2) is 0 Å². The molecule has 1 aromatic carbocycles. The zero-order valence-corrected chi connectivity index (χ0v) is 12.1. The van der Waals surface area contributed by atoms with E-state index in [-0.39, 0.29) is 17.6 Å². The second kappa shape index (κ2) is 4.63. The summed E-state index contributed by atoms with van der Waals surface area (Å²) in [5.41, 5.74) is 1.93. The Morgan fingerprint density at radius 2 is 2.06 bits per heavy atom. The van der Waals surface area contributed by atoms with Crippen LogP contribution in [-0.4, -0.2) is 31.3 Å². The van der Waals surface area contributed by atoms with E-state index in [1.54, 1.807) is 0 Å². The number of aliphatic hydroxyl groups is 1. The predicted molar refractivity (Wildman–Crippen MR) is 77.6 cm³/mol. The maximum absolute atomic E-state index is 9.78. The van der Waals surface area contributed by atoms with Crippen LogP contribution in [0.25, 0.3) is 0 Å². The van der Waals surface area contributed by atoms with Gasteiger partial charge in [0.1, 0.15) is 0 Å². The molecule has 2 N–H and O–H groups in total. The van der Waals surface area contributed by atoms with Crippen molar-refractivity contribution >= 4 is 23.0 Å². The van der Waals surface area contributed by atoms with Crippen molar-refractivity contribution in [3.05, 3.63) is 23.2 Å². The normalized spacial score (nSPS) is 25.4. The molecule has 2 atom stereocenters. The van der Waals surface area contributed by atoms with Gasteiger partial charge in [-0.15, -0.1) is 0 Å². The first kappa shape index (κ1) is 13.5. The lowest BCUT2D eigenvalue weighted by molar-refractivity contribution is -0.0510. The van der Waals surface area contributed by atoms with Crippen LogP contribution in [0, 0.1) is 5.41 Å². The van der Waals surface area contributed by atoms with Crippen molar-refractivity contribution < 1.29 is 5.11 Å². The van der Waals surface area contributed by atoms with Gasteiger partial charge >= 0.3 is 0 Å². The second-order valence-electron chi connectivity index (χ2n) is 5.80. The summed E-state index contributed by atoms with van der Waals surface area (Å²) in [6, 6.07) is 6.15. The average Bonchev–Trinajstić information content (AvgIpc) is 2.28. The van der Waals surface area contributed by atoms with Crippen molar-refractivity contribution in [1.29, 1.82) is 0 Å². The van der Waals surface area contributed by atoms with E-state index < -0.39 is 0 Å². The summed E-state index contributed by atoms with van der Waals surface area (Å²) in [4.78, 5) is 2.01. The first-order chi connectivity index (χ1) is 8.34. The molecular weight excluding hydrogens is 248 g/mol. The van der Waals surface area contributed by atoms with Crippen LogP contribution < -0.4 is 10.2 Å². The molecule has 0 bridgehead atoms. The lowest BCUT2D eigenvalue weighted by atomic mass is 9.64. The van der Waals surface area contributed by atoms with Crippen LogP contribution in [-0.2, 0) is 0 Å². The monoisotopic (exact) mass is 268 g/mol. The van der Waals surface area contributed by atoms with Crippen LogP contribution in [0.4, 0.5) is 11.4 Å². The predicted octanol–water partition coefficient (Wildman–Crippen LogP) is 2.98. The van der Waals surface area contributed by atoms with E-state index in [0.717, 1.165) is 22.8 Å². The molecule has 1 aromatic rings. The first-order valence-corrected chi connectivity index (χ1v) is 6.62. The molecular formula is C14H21ClN2O. The molecule has 100 valence electrons. The van der Waals surface area contributed by atoms with Gasteiger partial charge in [0.25, 0.3) is 0 Å². The molecule has 1 aliphatic rings. The SMILES string of the molecule is CN(C)c1c(Cl)cccc1NC1CC(O)C1(C)C. The van der Waals surface area contributed by atoms with Gasteiger partial charge in [0.15, 0.2) is 0 Å². The molecule has 0 saturated heterocycles. The number of aliphatic hydroxyl groups excluding tert-OH is 1. The van der Waals surface area contributed by atoms with Crippen LogP contribution in [0.2, 0.25) is 5.02 Å². The van der Waals surface area contributed by atoms with E-state index in [0.29, 0.717) is 0 Å². The lowest BCUT2D eigenvalue weighted by Gasteiger charge is -2.50. The minimum atomic E-state index is -0.225. The fraction of sp³-hybridized carbons (Fsp3) is 0.571. The number of benzene rings is 1. The summed E-state index contributed by atoms with van der Waals surface area (Å²) in [5.74, 6) is 0. The Morgan fingerprint density at radius 3 is 2.56 bits per heavy atom. The summed E-state index contributed by atoms with van der Waals surface area (Å²) >= 11 is 6.24. The quantitative estimate of drug-likeness (QED) is 0.885. The Morgan fingerprint density at radius 1 is 1.39 bits per heavy atom. The van der Waals surface area contributed by atoms with Gasteiger partial charge in [-0.05, 0) is 18.6 Å². The molecule has 0 aromatic heterocycles. The highest BCUT2D eigenvalue weighted by Gasteiger charge is 2.47. The topological polar surface area (TPSA) is 35.5 Å². The molecule has 0 radical (unpaired) electrons. The van der Waals surface area contributed by atoms with E-state index in [1.165, 1.54) is 0 Å². The van der Waals surface area contributed by atoms with E-state index in [1.807, 2.05) is 37.2 Å². The van der Waals surface area contributed by atoms with E-state index in [4.69, 9.17) is 11.6 Å². The van der Waals surface area contributed by atoms with Crippen molar-refractivity contribution in [3.63, 3.8) is 0 Å². The molecule has 1 saturated carbocycles. The number of halogens is 1. The minimum Gasteiger partial charge on any atom is -0.392 e. The Labute approximate surface area is 114 Å². The van der Waals surface area contributed by atoms with Gasteiger partial charge in [0.05, 0.1) is 22.5 Å². The molecule has 0 aliphatic heterocycles. The Kier molecular flexibility index (Phi) is 3.47. The number of nitrogens with zero attached hydrogens (tertiary/aromatic N) is 1. The number of hydrogen-bond donors (Lipinski definition) is 2. The fourth-order valence-corrected chi connectivity index (χ4v) is 2.77. The van der Waals surface area contributed by atoms with Crippen LogP contribution >= 0.6 is 11.6 Å². The highest BCUT2D eigenvalue weighted by molar-refractivity contribution is 6.34. The number of para-hydroxylation sites is 1. The summed E-state index contributed by atoms with van der Waals surface area (Å²) in [5, 5.41) is 14.0. The van der Waals surface area contributed by atoms with Crippen LogP contribution in [0.15, 0.2) is 18.2 Å². The maximum Gasteiger partial charge on any atom is 0.0786 e. The molecule has 0 amide bonds. The molecule has 1 fully saturated rings. The minimum absolute atomic E-state index is 0.0914. The van der Waals surface area contributed by atoms with Crippen molar-refractivity contribution in [3.8, 4) is 0 Å². The summed E-state index contributed by atoms with van der Waals surface area (Å²) in [7, 11) is 3.96. The van der Waals surface area contributed by atoms with Gasteiger partial charge in [-0.1, -0.05) is 31.5 Å². The van der Waals surface area contributed by atoms with Crippen molar-refractivity contribution in [2.24, 2.45) is 5.41 Å². The molecule has 1 aliphatic carbocycles. The molecule has 2 rings (SSSR count). The van der Waals surface area contributed by atoms with E-state index >= 15 is 0 Å². The van der Waals surface area contributed by atoms with Gasteiger partial charge < -0.3 is 15.3 Å². The zero-order chi connectivity index (χ0) is 13.5. The Hall–Kier alpha value is -0.930. The summed E-state index contributed by atoms with van der Waals surface area (Å²) < 4.78 is 0. The number of hydrogen-bond acceptors (Lipinski definition) is 3. The van der Waals surface area contributed by atoms with Gasteiger partial charge in [-0.3, -0.25) is 0 Å². The van der Waals surface area contributed by atoms with Gasteiger partial charge in [-0.2, -0.15) is 0 Å². The lowest BCUT2D eigenvalue weighted by Crippen LogP contribution is -2.57. The van der Waals surface area contributed by atoms with Crippen LogP contribution in [0.5, 0.6) is 0 Å². The third kappa shape index (κ3) is 2.17. The number of anilines is 2. The highest BCUT2D eigenvalue weighted by Crippen LogP contribution is 2.44. The molecule has 4 heteroatoms. The van der Waals surface area contributed by atoms with Crippen molar-refractivity contribution in [2.75, 3.05) is 24.3 Å². The highest BCUT2D eigenvalue weighted by atomic mass is 35.5. The first-order valence-electron chi connectivity index (χ1n) is 6.24. The fourth-order valence-electron chi connectivity index (χ4n) is 2.42. The average molecular weight is 269 g/mol.